The second kappa shape index (κ2) is 55.7. The summed E-state index contributed by atoms with van der Waals surface area (Å²) in [5.74, 6) is -0.0211. The Kier molecular flexibility index (Phi) is 55.2. The van der Waals surface area contributed by atoms with E-state index in [1.165, 1.54) is 302 Å². The molecule has 2 unspecified atom stereocenters. The van der Waals surface area contributed by atoms with Crippen molar-refractivity contribution in [1.29, 1.82) is 0 Å². The van der Waals surface area contributed by atoms with Gasteiger partial charge in [0.15, 0.2) is 0 Å². The van der Waals surface area contributed by atoms with Gasteiger partial charge >= 0.3 is 0 Å². The lowest BCUT2D eigenvalue weighted by Crippen LogP contribution is -2.45. The Balaban J connectivity index is 3.39. The summed E-state index contributed by atoms with van der Waals surface area (Å²) in [6, 6.07) is -0.532. The molecule has 4 nitrogen and oxygen atoms in total. The van der Waals surface area contributed by atoms with E-state index in [1.807, 2.05) is 0 Å². The Morgan fingerprint density at radius 1 is 0.317 bits per heavy atom. The third-order valence-corrected chi connectivity index (χ3v) is 14.4. The normalized spacial score (nSPS) is 12.6. The van der Waals surface area contributed by atoms with Crippen LogP contribution < -0.4 is 5.32 Å². The van der Waals surface area contributed by atoms with Crippen molar-refractivity contribution in [2.75, 3.05) is 6.61 Å². The fraction of sp³-hybridized carbons (Fsp3) is 0.983. The minimum atomic E-state index is -0.655. The fourth-order valence-corrected chi connectivity index (χ4v) is 9.84. The van der Waals surface area contributed by atoms with Crippen LogP contribution in [0.4, 0.5) is 0 Å². The van der Waals surface area contributed by atoms with E-state index in [9.17, 15) is 15.0 Å². The summed E-state index contributed by atoms with van der Waals surface area (Å²) >= 11 is 0. The van der Waals surface area contributed by atoms with Gasteiger partial charge in [-0.15, -0.1) is 0 Å². The molecule has 0 saturated carbocycles. The van der Waals surface area contributed by atoms with Crippen LogP contribution in [0.25, 0.3) is 0 Å². The predicted molar refractivity (Wildman–Crippen MR) is 281 cm³/mol. The average molecular weight is 891 g/mol. The molecule has 0 aromatic rings. The molecule has 63 heavy (non-hydrogen) atoms. The number of carbonyl (C=O) groups excluding carboxylic acids is 1. The molecule has 0 aromatic carbocycles. The summed E-state index contributed by atoms with van der Waals surface area (Å²) in [5.41, 5.74) is 0. The molecular formula is C59H119NO3. The molecule has 1 amide bonds. The van der Waals surface area contributed by atoms with E-state index in [0.29, 0.717) is 12.8 Å². The van der Waals surface area contributed by atoms with Gasteiger partial charge in [-0.2, -0.15) is 0 Å². The largest absolute Gasteiger partial charge is 0.394 e. The molecule has 378 valence electrons. The van der Waals surface area contributed by atoms with Crippen LogP contribution in [0.15, 0.2) is 0 Å². The minimum absolute atomic E-state index is 0.0211. The number of aliphatic hydroxyl groups is 2. The molecule has 0 radical (unpaired) electrons. The van der Waals surface area contributed by atoms with Gasteiger partial charge < -0.3 is 15.5 Å². The standard InChI is InChI=1S/C59H119NO3/c1-3-5-7-9-11-13-15-17-19-21-23-25-27-29-31-32-34-36-38-40-42-44-46-48-50-52-54-58(62)57(56-61)60-59(63)55-53-51-49-47-45-43-41-39-37-35-33-30-28-26-24-22-20-18-16-14-12-10-8-6-4-2/h57-58,61-62H,3-56H2,1-2H3,(H,60,63). The van der Waals surface area contributed by atoms with Crippen LogP contribution in [0.1, 0.15) is 354 Å². The molecule has 0 aliphatic carbocycles. The molecule has 0 bridgehead atoms. The summed E-state index contributed by atoms with van der Waals surface area (Å²) < 4.78 is 0. The number of rotatable bonds is 56. The number of hydrogen-bond acceptors (Lipinski definition) is 3. The summed E-state index contributed by atoms with van der Waals surface area (Å²) in [4.78, 5) is 12.5. The maximum Gasteiger partial charge on any atom is 0.220 e. The van der Waals surface area contributed by atoms with Gasteiger partial charge in [0.1, 0.15) is 0 Å². The number of amides is 1. The first-order valence-electron chi connectivity index (χ1n) is 29.7. The van der Waals surface area contributed by atoms with Crippen molar-refractivity contribution in [3.63, 3.8) is 0 Å². The highest BCUT2D eigenvalue weighted by Gasteiger charge is 2.20. The quantitative estimate of drug-likeness (QED) is 0.0533. The average Bonchev–Trinajstić information content (AvgIpc) is 3.29. The lowest BCUT2D eigenvalue weighted by molar-refractivity contribution is -0.123. The van der Waals surface area contributed by atoms with Crippen LogP contribution in [-0.4, -0.2) is 34.9 Å². The topological polar surface area (TPSA) is 69.6 Å². The van der Waals surface area contributed by atoms with Crippen LogP contribution in [0.3, 0.4) is 0 Å². The Morgan fingerprint density at radius 3 is 0.714 bits per heavy atom. The first-order chi connectivity index (χ1) is 31.2. The van der Waals surface area contributed by atoms with E-state index in [2.05, 4.69) is 19.2 Å². The Hall–Kier alpha value is -0.610. The van der Waals surface area contributed by atoms with Crippen LogP contribution >= 0.6 is 0 Å². The molecule has 0 spiro atoms. The van der Waals surface area contributed by atoms with Crippen LogP contribution in [0.2, 0.25) is 0 Å². The van der Waals surface area contributed by atoms with Crippen molar-refractivity contribution in [3.05, 3.63) is 0 Å². The van der Waals surface area contributed by atoms with Gasteiger partial charge in [-0.1, -0.05) is 335 Å². The third-order valence-electron chi connectivity index (χ3n) is 14.4. The minimum Gasteiger partial charge on any atom is -0.394 e. The summed E-state index contributed by atoms with van der Waals surface area (Å²) in [6.07, 6.45) is 71.1. The maximum atomic E-state index is 12.5. The number of aliphatic hydroxyl groups excluding tert-OH is 2. The van der Waals surface area contributed by atoms with Crippen LogP contribution in [0, 0.1) is 0 Å². The zero-order valence-electron chi connectivity index (χ0n) is 43.6. The molecule has 0 aliphatic rings. The van der Waals surface area contributed by atoms with Crippen molar-refractivity contribution in [3.8, 4) is 0 Å². The van der Waals surface area contributed by atoms with Crippen molar-refractivity contribution >= 4 is 5.91 Å². The highest BCUT2D eigenvalue weighted by molar-refractivity contribution is 5.76. The Bertz CT molecular complexity index is 834. The van der Waals surface area contributed by atoms with E-state index in [1.54, 1.807) is 0 Å². The lowest BCUT2D eigenvalue weighted by Gasteiger charge is -2.22. The first-order valence-corrected chi connectivity index (χ1v) is 29.7. The molecule has 0 saturated heterocycles. The third kappa shape index (κ3) is 52.2. The van der Waals surface area contributed by atoms with Crippen molar-refractivity contribution in [1.82, 2.24) is 5.32 Å². The lowest BCUT2D eigenvalue weighted by atomic mass is 10.0. The first kappa shape index (κ1) is 62.4. The van der Waals surface area contributed by atoms with Crippen LogP contribution in [0.5, 0.6) is 0 Å². The zero-order valence-corrected chi connectivity index (χ0v) is 43.6. The van der Waals surface area contributed by atoms with Gasteiger partial charge in [0.2, 0.25) is 5.91 Å². The molecular weight excluding hydrogens is 771 g/mol. The fourth-order valence-electron chi connectivity index (χ4n) is 9.84. The Morgan fingerprint density at radius 2 is 0.508 bits per heavy atom. The second-order valence-corrected chi connectivity index (χ2v) is 20.8. The zero-order chi connectivity index (χ0) is 45.6. The van der Waals surface area contributed by atoms with Crippen LogP contribution in [-0.2, 0) is 4.79 Å². The van der Waals surface area contributed by atoms with E-state index < -0.39 is 12.1 Å². The van der Waals surface area contributed by atoms with E-state index in [-0.39, 0.29) is 12.5 Å². The highest BCUT2D eigenvalue weighted by Crippen LogP contribution is 2.19. The predicted octanol–water partition coefficient (Wildman–Crippen LogP) is 19.5. The molecule has 4 heteroatoms. The van der Waals surface area contributed by atoms with Gasteiger partial charge in [0.05, 0.1) is 18.8 Å². The molecule has 0 aliphatic heterocycles. The number of hydrogen-bond donors (Lipinski definition) is 3. The van der Waals surface area contributed by atoms with E-state index >= 15 is 0 Å². The van der Waals surface area contributed by atoms with E-state index in [0.717, 1.165) is 25.7 Å². The summed E-state index contributed by atoms with van der Waals surface area (Å²) in [6.45, 7) is 4.41. The Labute approximate surface area is 397 Å². The summed E-state index contributed by atoms with van der Waals surface area (Å²) in [5, 5.41) is 23.4. The summed E-state index contributed by atoms with van der Waals surface area (Å²) in [7, 11) is 0. The molecule has 0 aromatic heterocycles. The highest BCUT2D eigenvalue weighted by atomic mass is 16.3. The number of carbonyl (C=O) groups is 1. The molecule has 2 atom stereocenters. The molecule has 0 rings (SSSR count). The smallest absolute Gasteiger partial charge is 0.220 e. The van der Waals surface area contributed by atoms with Crippen molar-refractivity contribution < 1.29 is 15.0 Å². The van der Waals surface area contributed by atoms with E-state index in [4.69, 9.17) is 0 Å². The maximum absolute atomic E-state index is 12.5. The number of unbranched alkanes of at least 4 members (excludes halogenated alkanes) is 49. The van der Waals surface area contributed by atoms with Gasteiger partial charge in [0, 0.05) is 6.42 Å². The van der Waals surface area contributed by atoms with Gasteiger partial charge in [-0.25, -0.2) is 0 Å². The molecule has 0 heterocycles. The van der Waals surface area contributed by atoms with Gasteiger partial charge in [0.25, 0.3) is 0 Å². The second-order valence-electron chi connectivity index (χ2n) is 20.8. The van der Waals surface area contributed by atoms with Crippen molar-refractivity contribution in [2.24, 2.45) is 0 Å². The number of nitrogens with one attached hydrogen (secondary N) is 1. The monoisotopic (exact) mass is 890 g/mol. The van der Waals surface area contributed by atoms with Gasteiger partial charge in [-0.05, 0) is 12.8 Å². The van der Waals surface area contributed by atoms with Gasteiger partial charge in [-0.3, -0.25) is 4.79 Å². The van der Waals surface area contributed by atoms with Crippen molar-refractivity contribution in [2.45, 2.75) is 366 Å². The molecule has 0 fully saturated rings. The SMILES string of the molecule is CCCCCCCCCCCCCCCCCCCCCCCCCCCCC(O)C(CO)NC(=O)CCCCCCCCCCCCCCCCCCCCCCCCCCC. The molecule has 3 N–H and O–H groups in total.